The monoisotopic (exact) mass is 279 g/mol. The average Bonchev–Trinajstić information content (AvgIpc) is 2.29. The second-order valence-electron chi connectivity index (χ2n) is 5.71. The molecule has 0 aliphatic carbocycles. The first kappa shape index (κ1) is 16.1. The number of benzene rings is 1. The van der Waals surface area contributed by atoms with Crippen LogP contribution in [0.4, 0.5) is 16.2 Å². The van der Waals surface area contributed by atoms with Crippen LogP contribution in [0, 0.1) is 6.92 Å². The summed E-state index contributed by atoms with van der Waals surface area (Å²) in [6, 6.07) is 4.01. The van der Waals surface area contributed by atoms with Crippen molar-refractivity contribution in [2.75, 3.05) is 24.2 Å². The molecule has 0 spiro atoms. The molecule has 0 fully saturated rings. The van der Waals surface area contributed by atoms with Crippen LogP contribution in [0.5, 0.6) is 0 Å². The minimum absolute atomic E-state index is 0.520. The van der Waals surface area contributed by atoms with Crippen molar-refractivity contribution >= 4 is 17.5 Å². The van der Waals surface area contributed by atoms with Crippen LogP contribution in [-0.2, 0) is 11.2 Å². The molecule has 0 aromatic heterocycles. The second kappa shape index (κ2) is 6.03. The van der Waals surface area contributed by atoms with Crippen LogP contribution in [0.15, 0.2) is 12.1 Å². The van der Waals surface area contributed by atoms with Gasteiger partial charge in [0.15, 0.2) is 0 Å². The summed E-state index contributed by atoms with van der Waals surface area (Å²) in [6.45, 7) is 8.67. The van der Waals surface area contributed by atoms with E-state index in [1.807, 2.05) is 33.9 Å². The summed E-state index contributed by atoms with van der Waals surface area (Å²) in [7, 11) is 2.04. The number of nitrogens with two attached hydrogens (primary N) is 2. The lowest BCUT2D eigenvalue weighted by Crippen LogP contribution is -2.33. The van der Waals surface area contributed by atoms with Crippen LogP contribution < -0.4 is 16.4 Å². The third kappa shape index (κ3) is 4.05. The Bertz CT molecular complexity index is 498. The maximum Gasteiger partial charge on any atom is 0.405 e. The van der Waals surface area contributed by atoms with Crippen molar-refractivity contribution in [3.63, 3.8) is 0 Å². The van der Waals surface area contributed by atoms with Gasteiger partial charge in [0.2, 0.25) is 0 Å². The predicted molar refractivity (Wildman–Crippen MR) is 83.0 cm³/mol. The minimum atomic E-state index is -0.772. The highest BCUT2D eigenvalue weighted by Crippen LogP contribution is 2.29. The van der Waals surface area contributed by atoms with Gasteiger partial charge in [-0.15, -0.1) is 0 Å². The summed E-state index contributed by atoms with van der Waals surface area (Å²) >= 11 is 0. The Morgan fingerprint density at radius 2 is 2.00 bits per heavy atom. The SMILES string of the molecule is CCN(C)c1cc(CC(C)(C)OC(N)=O)c(N)cc1C. The number of rotatable bonds is 5. The number of aryl methyl sites for hydroxylation is 1. The molecule has 5 nitrogen and oxygen atoms in total. The molecule has 0 radical (unpaired) electrons. The smallest absolute Gasteiger partial charge is 0.405 e. The van der Waals surface area contributed by atoms with Crippen LogP contribution in [0.2, 0.25) is 0 Å². The Hall–Kier alpha value is -1.91. The quantitative estimate of drug-likeness (QED) is 0.811. The molecule has 0 aliphatic heterocycles. The molecule has 1 aromatic carbocycles. The van der Waals surface area contributed by atoms with Crippen LogP contribution >= 0.6 is 0 Å². The third-order valence-corrected chi connectivity index (χ3v) is 3.34. The fourth-order valence-corrected chi connectivity index (χ4v) is 2.26. The van der Waals surface area contributed by atoms with Crippen molar-refractivity contribution in [1.29, 1.82) is 0 Å². The van der Waals surface area contributed by atoms with Crippen LogP contribution in [0.3, 0.4) is 0 Å². The van der Waals surface area contributed by atoms with E-state index in [1.54, 1.807) is 0 Å². The molecule has 0 saturated heterocycles. The van der Waals surface area contributed by atoms with Gasteiger partial charge in [-0.25, -0.2) is 4.79 Å². The molecule has 0 heterocycles. The molecule has 4 N–H and O–H groups in total. The molecular formula is C15H25N3O2. The van der Waals surface area contributed by atoms with E-state index in [0.717, 1.165) is 23.4 Å². The second-order valence-corrected chi connectivity index (χ2v) is 5.71. The molecule has 5 heteroatoms. The Labute approximate surface area is 120 Å². The van der Waals surface area contributed by atoms with E-state index >= 15 is 0 Å². The summed E-state index contributed by atoms with van der Waals surface area (Å²) in [6.07, 6.45) is -0.251. The highest BCUT2D eigenvalue weighted by atomic mass is 16.6. The first-order valence-corrected chi connectivity index (χ1v) is 6.75. The molecule has 112 valence electrons. The minimum Gasteiger partial charge on any atom is -0.443 e. The third-order valence-electron chi connectivity index (χ3n) is 3.34. The van der Waals surface area contributed by atoms with Crippen molar-refractivity contribution in [3.05, 3.63) is 23.3 Å². The lowest BCUT2D eigenvalue weighted by Gasteiger charge is -2.27. The van der Waals surface area contributed by atoms with Crippen LogP contribution in [-0.4, -0.2) is 25.3 Å². The maximum atomic E-state index is 10.9. The van der Waals surface area contributed by atoms with Gasteiger partial charge in [-0.3, -0.25) is 0 Å². The Balaban J connectivity index is 3.09. The van der Waals surface area contributed by atoms with Gasteiger partial charge >= 0.3 is 6.09 Å². The number of amides is 1. The zero-order chi connectivity index (χ0) is 15.5. The zero-order valence-electron chi connectivity index (χ0n) is 13.0. The van der Waals surface area contributed by atoms with Gasteiger partial charge in [0, 0.05) is 31.4 Å². The summed E-state index contributed by atoms with van der Waals surface area (Å²) in [5.74, 6) is 0. The fourth-order valence-electron chi connectivity index (χ4n) is 2.26. The zero-order valence-corrected chi connectivity index (χ0v) is 13.0. The van der Waals surface area contributed by atoms with Gasteiger partial charge in [-0.1, -0.05) is 0 Å². The van der Waals surface area contributed by atoms with E-state index in [2.05, 4.69) is 17.9 Å². The van der Waals surface area contributed by atoms with Gasteiger partial charge in [0.25, 0.3) is 0 Å². The highest BCUT2D eigenvalue weighted by Gasteiger charge is 2.24. The first-order valence-electron chi connectivity index (χ1n) is 6.75. The summed E-state index contributed by atoms with van der Waals surface area (Å²) in [4.78, 5) is 13.1. The number of hydrogen-bond acceptors (Lipinski definition) is 4. The normalized spacial score (nSPS) is 11.2. The number of nitrogen functional groups attached to an aromatic ring is 1. The number of nitrogens with zero attached hydrogens (tertiary/aromatic N) is 1. The summed E-state index contributed by atoms with van der Waals surface area (Å²) in [5, 5.41) is 0. The van der Waals surface area contributed by atoms with E-state index in [9.17, 15) is 4.79 Å². The maximum absolute atomic E-state index is 10.9. The van der Waals surface area contributed by atoms with E-state index in [1.165, 1.54) is 0 Å². The summed E-state index contributed by atoms with van der Waals surface area (Å²) < 4.78 is 5.12. The molecule has 0 unspecified atom stereocenters. The van der Waals surface area contributed by atoms with Crippen molar-refractivity contribution < 1.29 is 9.53 Å². The number of hydrogen-bond donors (Lipinski definition) is 2. The largest absolute Gasteiger partial charge is 0.443 e. The summed E-state index contributed by atoms with van der Waals surface area (Å²) in [5.41, 5.74) is 14.4. The first-order chi connectivity index (χ1) is 9.16. The van der Waals surface area contributed by atoms with Gasteiger partial charge < -0.3 is 21.1 Å². The number of carbonyl (C=O) groups excluding carboxylic acids is 1. The van der Waals surface area contributed by atoms with Gasteiger partial charge in [-0.05, 0) is 51.0 Å². The molecule has 0 atom stereocenters. The molecule has 1 rings (SSSR count). The van der Waals surface area contributed by atoms with E-state index in [-0.39, 0.29) is 0 Å². The number of primary amides is 1. The molecule has 1 amide bonds. The Morgan fingerprint density at radius 1 is 1.40 bits per heavy atom. The van der Waals surface area contributed by atoms with Gasteiger partial charge in [0.1, 0.15) is 5.60 Å². The Morgan fingerprint density at radius 3 is 2.50 bits per heavy atom. The van der Waals surface area contributed by atoms with Crippen LogP contribution in [0.1, 0.15) is 31.9 Å². The molecular weight excluding hydrogens is 254 g/mol. The van der Waals surface area contributed by atoms with Gasteiger partial charge in [0.05, 0.1) is 0 Å². The van der Waals surface area contributed by atoms with Crippen molar-refractivity contribution in [2.45, 2.75) is 39.7 Å². The topological polar surface area (TPSA) is 81.6 Å². The standard InChI is InChI=1S/C15H25N3O2/c1-6-18(5)13-8-11(12(16)7-10(13)2)9-15(3,4)20-14(17)19/h7-8H,6,9,16H2,1-5H3,(H2,17,19). The number of carbonyl (C=O) groups is 1. The van der Waals surface area contributed by atoms with Crippen molar-refractivity contribution in [2.24, 2.45) is 5.73 Å². The molecule has 0 aliphatic rings. The number of anilines is 2. The molecule has 0 bridgehead atoms. The van der Waals surface area contributed by atoms with Crippen LogP contribution in [0.25, 0.3) is 0 Å². The highest BCUT2D eigenvalue weighted by molar-refractivity contribution is 5.66. The molecule has 0 saturated carbocycles. The van der Waals surface area contributed by atoms with Gasteiger partial charge in [-0.2, -0.15) is 0 Å². The molecule has 1 aromatic rings. The van der Waals surface area contributed by atoms with E-state index < -0.39 is 11.7 Å². The molecule has 20 heavy (non-hydrogen) atoms. The lowest BCUT2D eigenvalue weighted by atomic mass is 9.95. The average molecular weight is 279 g/mol. The Kier molecular flexibility index (Phi) is 4.87. The number of ether oxygens (including phenoxy) is 1. The van der Waals surface area contributed by atoms with Crippen molar-refractivity contribution in [1.82, 2.24) is 0 Å². The lowest BCUT2D eigenvalue weighted by molar-refractivity contribution is 0.0461. The van der Waals surface area contributed by atoms with Crippen molar-refractivity contribution in [3.8, 4) is 0 Å². The fraction of sp³-hybridized carbons (Fsp3) is 0.533. The van der Waals surface area contributed by atoms with E-state index in [4.69, 9.17) is 16.2 Å². The predicted octanol–water partition coefficient (Wildman–Crippen LogP) is 2.45. The van der Waals surface area contributed by atoms with E-state index in [0.29, 0.717) is 12.1 Å².